The predicted octanol–water partition coefficient (Wildman–Crippen LogP) is 1.18. The molecule has 0 saturated carbocycles. The van der Waals surface area contributed by atoms with Crippen LogP contribution in [0.15, 0.2) is 11.3 Å². The molecule has 40 valence electrons. The molecule has 0 aromatic carbocycles. The van der Waals surface area contributed by atoms with E-state index in [9.17, 15) is 0 Å². The Kier molecular flexibility index (Phi) is 4.04. The Hall–Kier alpha value is -0.0831. The Morgan fingerprint density at radius 2 is 2.29 bits per heavy atom. The fourth-order valence-corrected chi connectivity index (χ4v) is 0.660. The van der Waals surface area contributed by atoms with E-state index in [1.807, 2.05) is 6.92 Å². The van der Waals surface area contributed by atoms with Crippen molar-refractivity contribution in [3.63, 3.8) is 0 Å². The molecule has 0 bridgehead atoms. The summed E-state index contributed by atoms with van der Waals surface area (Å²) in [6, 6.07) is 0. The van der Waals surface area contributed by atoms with Crippen molar-refractivity contribution < 1.29 is 4.43 Å². The molecule has 0 spiro atoms. The van der Waals surface area contributed by atoms with E-state index in [-0.39, 0.29) is 0 Å². The Morgan fingerprint density at radius 1 is 1.71 bits per heavy atom. The normalized spacial score (nSPS) is 12.1. The van der Waals surface area contributed by atoms with Crippen LogP contribution < -0.4 is 0 Å². The molecule has 0 N–H and O–H groups in total. The Labute approximate surface area is 47.3 Å². The summed E-state index contributed by atoms with van der Waals surface area (Å²) in [5.41, 5.74) is 0. The Balaban J connectivity index is 3.17. The van der Waals surface area contributed by atoms with E-state index in [1.165, 1.54) is 5.20 Å². The van der Waals surface area contributed by atoms with Crippen molar-refractivity contribution in [3.05, 3.63) is 11.3 Å². The van der Waals surface area contributed by atoms with E-state index in [2.05, 4.69) is 13.0 Å². The summed E-state index contributed by atoms with van der Waals surface area (Å²) in [5, 5.41) is 1.31. The van der Waals surface area contributed by atoms with E-state index in [4.69, 9.17) is 4.43 Å². The lowest BCUT2D eigenvalue weighted by Crippen LogP contribution is -1.93. The van der Waals surface area contributed by atoms with Crippen LogP contribution in [0.5, 0.6) is 0 Å². The van der Waals surface area contributed by atoms with Crippen molar-refractivity contribution in [3.8, 4) is 0 Å². The zero-order valence-electron chi connectivity index (χ0n) is 4.99. The third kappa shape index (κ3) is 3.75. The molecule has 0 unspecified atom stereocenters. The van der Waals surface area contributed by atoms with Crippen LogP contribution in [0.25, 0.3) is 0 Å². The molecular formula is C5H10OSi. The quantitative estimate of drug-likeness (QED) is 0.490. The average molecular weight is 114 g/mol. The maximum atomic E-state index is 4.85. The van der Waals surface area contributed by atoms with E-state index < -0.39 is 0 Å². The standard InChI is InChI=1S/C5H10OSi/c1-4-5(2)7-6-3/h4H,1-3H3/b5-4+. The minimum absolute atomic E-state index is 0.550. The molecule has 2 radical (unpaired) electrons. The summed E-state index contributed by atoms with van der Waals surface area (Å²) in [4.78, 5) is 0. The molecule has 0 aliphatic heterocycles. The van der Waals surface area contributed by atoms with Gasteiger partial charge in [-0.05, 0) is 13.8 Å². The van der Waals surface area contributed by atoms with Crippen molar-refractivity contribution in [1.29, 1.82) is 0 Å². The lowest BCUT2D eigenvalue weighted by atomic mass is 10.6. The highest BCUT2D eigenvalue weighted by atomic mass is 28.2. The van der Waals surface area contributed by atoms with Crippen molar-refractivity contribution in [2.75, 3.05) is 7.11 Å². The molecule has 0 saturated heterocycles. The predicted molar refractivity (Wildman–Crippen MR) is 32.2 cm³/mol. The van der Waals surface area contributed by atoms with Gasteiger partial charge in [-0.15, -0.1) is 0 Å². The van der Waals surface area contributed by atoms with Crippen LogP contribution in [0.1, 0.15) is 13.8 Å². The zero-order chi connectivity index (χ0) is 5.70. The van der Waals surface area contributed by atoms with Gasteiger partial charge in [-0.3, -0.25) is 0 Å². The van der Waals surface area contributed by atoms with E-state index in [0.29, 0.717) is 9.76 Å². The number of hydrogen-bond donors (Lipinski definition) is 0. The summed E-state index contributed by atoms with van der Waals surface area (Å²) >= 11 is 0. The smallest absolute Gasteiger partial charge is 0.263 e. The summed E-state index contributed by atoms with van der Waals surface area (Å²) in [6.45, 7) is 4.07. The molecular weight excluding hydrogens is 104 g/mol. The third-order valence-electron chi connectivity index (χ3n) is 0.696. The van der Waals surface area contributed by atoms with Crippen molar-refractivity contribution in [2.45, 2.75) is 13.8 Å². The molecule has 2 heteroatoms. The minimum Gasteiger partial charge on any atom is -0.415 e. The van der Waals surface area contributed by atoms with Gasteiger partial charge in [0.25, 0.3) is 9.76 Å². The average Bonchev–Trinajstić information content (AvgIpc) is 1.68. The fourth-order valence-electron chi connectivity index (χ4n) is 0.220. The van der Waals surface area contributed by atoms with Gasteiger partial charge in [0.2, 0.25) is 0 Å². The minimum atomic E-state index is 0.550. The maximum Gasteiger partial charge on any atom is 0.263 e. The molecule has 0 heterocycles. The lowest BCUT2D eigenvalue weighted by Gasteiger charge is -1.89. The highest BCUT2D eigenvalue weighted by Crippen LogP contribution is 1.85. The summed E-state index contributed by atoms with van der Waals surface area (Å²) in [7, 11) is 2.26. The molecule has 0 atom stereocenters. The molecule has 0 fully saturated rings. The first-order valence-electron chi connectivity index (χ1n) is 2.23. The molecule has 0 rings (SSSR count). The number of rotatable bonds is 2. The van der Waals surface area contributed by atoms with Crippen LogP contribution in [0, 0.1) is 0 Å². The Bertz CT molecular complexity index is 68.5. The van der Waals surface area contributed by atoms with Gasteiger partial charge in [-0.25, -0.2) is 0 Å². The van der Waals surface area contributed by atoms with Gasteiger partial charge in [0, 0.05) is 7.11 Å². The first-order valence-corrected chi connectivity index (χ1v) is 3.14. The lowest BCUT2D eigenvalue weighted by molar-refractivity contribution is 0.447. The maximum absolute atomic E-state index is 4.85. The van der Waals surface area contributed by atoms with Crippen LogP contribution in [0.4, 0.5) is 0 Å². The summed E-state index contributed by atoms with van der Waals surface area (Å²) in [5.74, 6) is 0. The van der Waals surface area contributed by atoms with Gasteiger partial charge in [-0.2, -0.15) is 0 Å². The molecule has 0 aliphatic rings. The summed E-state index contributed by atoms with van der Waals surface area (Å²) < 4.78 is 4.85. The summed E-state index contributed by atoms with van der Waals surface area (Å²) in [6.07, 6.45) is 2.06. The second-order valence-corrected chi connectivity index (χ2v) is 2.68. The van der Waals surface area contributed by atoms with E-state index in [0.717, 1.165) is 0 Å². The number of hydrogen-bond acceptors (Lipinski definition) is 1. The highest BCUT2D eigenvalue weighted by Gasteiger charge is 1.84. The topological polar surface area (TPSA) is 9.23 Å². The second-order valence-electron chi connectivity index (χ2n) is 1.28. The van der Waals surface area contributed by atoms with E-state index >= 15 is 0 Å². The first kappa shape index (κ1) is 6.92. The van der Waals surface area contributed by atoms with Gasteiger partial charge in [-0.1, -0.05) is 11.3 Å². The molecule has 0 aromatic heterocycles. The molecule has 7 heavy (non-hydrogen) atoms. The van der Waals surface area contributed by atoms with Crippen LogP contribution in [-0.4, -0.2) is 16.9 Å². The van der Waals surface area contributed by atoms with Crippen LogP contribution in [0.2, 0.25) is 0 Å². The van der Waals surface area contributed by atoms with Crippen LogP contribution in [0.3, 0.4) is 0 Å². The van der Waals surface area contributed by atoms with Crippen molar-refractivity contribution in [1.82, 2.24) is 0 Å². The molecule has 0 amide bonds. The first-order chi connectivity index (χ1) is 3.31. The molecule has 1 nitrogen and oxygen atoms in total. The monoisotopic (exact) mass is 114 g/mol. The van der Waals surface area contributed by atoms with Gasteiger partial charge >= 0.3 is 0 Å². The van der Waals surface area contributed by atoms with Gasteiger partial charge in [0.1, 0.15) is 0 Å². The fraction of sp³-hybridized carbons (Fsp3) is 0.600. The largest absolute Gasteiger partial charge is 0.415 e. The van der Waals surface area contributed by atoms with Gasteiger partial charge < -0.3 is 4.43 Å². The van der Waals surface area contributed by atoms with Crippen molar-refractivity contribution >= 4 is 9.76 Å². The molecule has 0 aliphatic carbocycles. The van der Waals surface area contributed by atoms with Crippen LogP contribution in [-0.2, 0) is 4.43 Å². The molecule has 0 aromatic rings. The Morgan fingerprint density at radius 3 is 2.43 bits per heavy atom. The van der Waals surface area contributed by atoms with Crippen LogP contribution >= 0.6 is 0 Å². The van der Waals surface area contributed by atoms with Gasteiger partial charge in [0.05, 0.1) is 0 Å². The van der Waals surface area contributed by atoms with Gasteiger partial charge in [0.15, 0.2) is 0 Å². The zero-order valence-corrected chi connectivity index (χ0v) is 5.99. The second kappa shape index (κ2) is 4.09. The third-order valence-corrected chi connectivity index (χ3v) is 1.51. The number of allylic oxidation sites excluding steroid dienone is 2. The highest BCUT2D eigenvalue weighted by molar-refractivity contribution is 6.37. The SMILES string of the molecule is C/C=C(\C)[Si]OC. The van der Waals surface area contributed by atoms with Crippen molar-refractivity contribution in [2.24, 2.45) is 0 Å². The van der Waals surface area contributed by atoms with E-state index in [1.54, 1.807) is 7.11 Å².